The van der Waals surface area contributed by atoms with Gasteiger partial charge in [-0.05, 0) is 55.3 Å². The molecule has 7 nitrogen and oxygen atoms in total. The first-order chi connectivity index (χ1) is 13.4. The molecule has 146 valence electrons. The lowest BCUT2D eigenvalue weighted by Crippen LogP contribution is -2.36. The number of hydrogen-bond donors (Lipinski definition) is 3. The van der Waals surface area contributed by atoms with E-state index in [4.69, 9.17) is 5.73 Å². The molecule has 28 heavy (non-hydrogen) atoms. The van der Waals surface area contributed by atoms with Crippen LogP contribution in [0.4, 0.5) is 21.7 Å². The molecule has 1 aromatic carbocycles. The summed E-state index contributed by atoms with van der Waals surface area (Å²) in [6, 6.07) is 7.86. The van der Waals surface area contributed by atoms with Gasteiger partial charge >= 0.3 is 0 Å². The summed E-state index contributed by atoms with van der Waals surface area (Å²) in [5.41, 5.74) is 7.01. The van der Waals surface area contributed by atoms with Crippen LogP contribution in [0.5, 0.6) is 0 Å². The Morgan fingerprint density at radius 1 is 1.36 bits per heavy atom. The van der Waals surface area contributed by atoms with Gasteiger partial charge in [-0.3, -0.25) is 9.59 Å². The number of amides is 2. The summed E-state index contributed by atoms with van der Waals surface area (Å²) in [5, 5.41) is 5.96. The molecule has 1 aliphatic rings. The van der Waals surface area contributed by atoms with Gasteiger partial charge in [0.25, 0.3) is 5.91 Å². The second-order valence-corrected chi connectivity index (χ2v) is 6.67. The van der Waals surface area contributed by atoms with E-state index in [9.17, 15) is 14.0 Å². The van der Waals surface area contributed by atoms with E-state index in [1.165, 1.54) is 12.1 Å². The summed E-state index contributed by atoms with van der Waals surface area (Å²) in [7, 11) is 0. The van der Waals surface area contributed by atoms with Crippen molar-refractivity contribution in [3.63, 3.8) is 0 Å². The van der Waals surface area contributed by atoms with Gasteiger partial charge in [-0.15, -0.1) is 0 Å². The van der Waals surface area contributed by atoms with Crippen LogP contribution in [0.1, 0.15) is 22.3 Å². The Bertz CT molecular complexity index is 931. The van der Waals surface area contributed by atoms with E-state index in [2.05, 4.69) is 22.2 Å². The minimum absolute atomic E-state index is 0.0654. The van der Waals surface area contributed by atoms with Gasteiger partial charge in [-0.25, -0.2) is 9.37 Å². The molecule has 1 unspecified atom stereocenters. The van der Waals surface area contributed by atoms with Crippen molar-refractivity contribution in [1.82, 2.24) is 10.3 Å². The van der Waals surface area contributed by atoms with Gasteiger partial charge < -0.3 is 21.3 Å². The third-order valence-corrected chi connectivity index (χ3v) is 4.59. The molecule has 0 saturated carbocycles. The minimum atomic E-state index is -0.578. The summed E-state index contributed by atoms with van der Waals surface area (Å²) in [4.78, 5) is 29.8. The molecule has 1 saturated heterocycles. The smallest absolute Gasteiger partial charge is 0.252 e. The minimum Gasteiger partial charge on any atom is -0.365 e. The summed E-state index contributed by atoms with van der Waals surface area (Å²) in [6.07, 6.45) is 1.94. The van der Waals surface area contributed by atoms with E-state index < -0.39 is 5.91 Å². The van der Waals surface area contributed by atoms with Crippen LogP contribution in [0.15, 0.2) is 43.0 Å². The molecule has 0 bridgehead atoms. The molecule has 1 aromatic heterocycles. The first-order valence-corrected chi connectivity index (χ1v) is 8.89. The van der Waals surface area contributed by atoms with Gasteiger partial charge in [-0.2, -0.15) is 0 Å². The number of halogens is 1. The number of hydrogen-bond acceptors (Lipinski definition) is 5. The summed E-state index contributed by atoms with van der Waals surface area (Å²) in [5.74, 6) is -0.147. The highest BCUT2D eigenvalue weighted by Crippen LogP contribution is 2.26. The number of aryl methyl sites for hydroxylation is 1. The molecule has 1 fully saturated rings. The Balaban J connectivity index is 1.84. The van der Waals surface area contributed by atoms with Crippen LogP contribution in [0.2, 0.25) is 0 Å². The van der Waals surface area contributed by atoms with Crippen molar-refractivity contribution in [2.45, 2.75) is 19.4 Å². The molecule has 8 heteroatoms. The van der Waals surface area contributed by atoms with Gasteiger partial charge in [0, 0.05) is 24.8 Å². The highest BCUT2D eigenvalue weighted by Gasteiger charge is 2.27. The average Bonchev–Trinajstić information content (AvgIpc) is 3.12. The first-order valence-electron chi connectivity index (χ1n) is 8.89. The molecule has 2 amide bonds. The number of carbonyl (C=O) groups is 2. The second-order valence-electron chi connectivity index (χ2n) is 6.67. The maximum atomic E-state index is 13.5. The number of rotatable bonds is 6. The molecule has 0 spiro atoms. The lowest BCUT2D eigenvalue weighted by molar-refractivity contribution is -0.117. The van der Waals surface area contributed by atoms with Gasteiger partial charge in [-0.1, -0.05) is 6.58 Å². The molecule has 3 rings (SSSR count). The number of aromatic nitrogens is 1. The average molecular weight is 383 g/mol. The van der Waals surface area contributed by atoms with E-state index >= 15 is 0 Å². The highest BCUT2D eigenvalue weighted by molar-refractivity contribution is 5.98. The van der Waals surface area contributed by atoms with E-state index in [-0.39, 0.29) is 17.8 Å². The number of nitrogens with two attached hydrogens (primary N) is 1. The van der Waals surface area contributed by atoms with Crippen molar-refractivity contribution in [2.75, 3.05) is 23.3 Å². The summed E-state index contributed by atoms with van der Waals surface area (Å²) < 4.78 is 13.5. The molecule has 2 aromatic rings. The maximum absolute atomic E-state index is 13.5. The summed E-state index contributed by atoms with van der Waals surface area (Å²) in [6.45, 7) is 6.25. The largest absolute Gasteiger partial charge is 0.365 e. The number of nitrogens with one attached hydrogen (secondary N) is 2. The predicted molar refractivity (Wildman–Crippen MR) is 106 cm³/mol. The topological polar surface area (TPSA) is 100 Å². The molecular formula is C20H22FN5O2. The van der Waals surface area contributed by atoms with E-state index in [1.807, 2.05) is 4.90 Å². The number of benzene rings is 1. The normalized spacial score (nSPS) is 15.9. The zero-order valence-corrected chi connectivity index (χ0v) is 15.5. The Hall–Kier alpha value is -3.42. The van der Waals surface area contributed by atoms with Crippen molar-refractivity contribution in [3.05, 3.63) is 59.9 Å². The molecule has 0 radical (unpaired) electrons. The maximum Gasteiger partial charge on any atom is 0.252 e. The third kappa shape index (κ3) is 4.28. The fourth-order valence-electron chi connectivity index (χ4n) is 3.15. The zero-order chi connectivity index (χ0) is 20.3. The fraction of sp³-hybridized carbons (Fsp3) is 0.250. The quantitative estimate of drug-likeness (QED) is 0.665. The Kier molecular flexibility index (Phi) is 5.58. The van der Waals surface area contributed by atoms with E-state index in [0.717, 1.165) is 0 Å². The monoisotopic (exact) mass is 383 g/mol. The van der Waals surface area contributed by atoms with E-state index in [1.54, 1.807) is 31.2 Å². The Morgan fingerprint density at radius 3 is 2.82 bits per heavy atom. The van der Waals surface area contributed by atoms with Gasteiger partial charge in [0.2, 0.25) is 5.91 Å². The van der Waals surface area contributed by atoms with Crippen LogP contribution in [0.3, 0.4) is 0 Å². The van der Waals surface area contributed by atoms with E-state index in [0.29, 0.717) is 48.0 Å². The Labute approximate surface area is 162 Å². The van der Waals surface area contributed by atoms with Gasteiger partial charge in [0.05, 0.1) is 5.56 Å². The molecule has 1 aliphatic heterocycles. The van der Waals surface area contributed by atoms with Crippen molar-refractivity contribution in [2.24, 2.45) is 5.73 Å². The van der Waals surface area contributed by atoms with Crippen LogP contribution in [0, 0.1) is 12.7 Å². The van der Waals surface area contributed by atoms with Crippen molar-refractivity contribution in [1.29, 1.82) is 0 Å². The van der Waals surface area contributed by atoms with Crippen LogP contribution in [-0.2, 0) is 4.79 Å². The third-order valence-electron chi connectivity index (χ3n) is 4.59. The predicted octanol–water partition coefficient (Wildman–Crippen LogP) is 2.25. The number of pyridine rings is 1. The molecular weight excluding hydrogens is 361 g/mol. The Morgan fingerprint density at radius 2 is 2.14 bits per heavy atom. The second kappa shape index (κ2) is 8.08. The number of anilines is 3. The molecule has 1 atom stereocenters. The number of nitrogens with zero attached hydrogens (tertiary/aromatic N) is 2. The lowest BCUT2D eigenvalue weighted by atomic mass is 10.2. The molecule has 2 heterocycles. The highest BCUT2D eigenvalue weighted by atomic mass is 19.1. The fourth-order valence-corrected chi connectivity index (χ4v) is 3.15. The van der Waals surface area contributed by atoms with Crippen LogP contribution < -0.4 is 21.3 Å². The van der Waals surface area contributed by atoms with Gasteiger partial charge in [0.1, 0.15) is 17.5 Å². The first kappa shape index (κ1) is 19.3. The van der Waals surface area contributed by atoms with Crippen LogP contribution >= 0.6 is 0 Å². The standard InChI is InChI=1S/C20H22FN5O2/c1-3-18(27)24-14-8-9-26(11-14)20-15(19(22)28)5-7-17(25-20)23-13-4-6-16(21)12(2)10-13/h3-7,10,14H,1,8-9,11H2,2H3,(H2,22,28)(H,23,25)(H,24,27). The van der Waals surface area contributed by atoms with Crippen molar-refractivity contribution >= 4 is 29.1 Å². The van der Waals surface area contributed by atoms with Crippen LogP contribution in [0.25, 0.3) is 0 Å². The SMILES string of the molecule is C=CC(=O)NC1CCN(c2nc(Nc3ccc(F)c(C)c3)ccc2C(N)=O)C1. The summed E-state index contributed by atoms with van der Waals surface area (Å²) >= 11 is 0. The van der Waals surface area contributed by atoms with Crippen LogP contribution in [-0.4, -0.2) is 35.9 Å². The van der Waals surface area contributed by atoms with Gasteiger partial charge in [0.15, 0.2) is 0 Å². The number of carbonyl (C=O) groups excluding carboxylic acids is 2. The van der Waals surface area contributed by atoms with Crippen molar-refractivity contribution < 1.29 is 14.0 Å². The molecule has 0 aliphatic carbocycles. The lowest BCUT2D eigenvalue weighted by Gasteiger charge is -2.21. The van der Waals surface area contributed by atoms with Crippen molar-refractivity contribution in [3.8, 4) is 0 Å². The zero-order valence-electron chi connectivity index (χ0n) is 15.5. The number of primary amides is 1. The molecule has 4 N–H and O–H groups in total.